The molecule has 2 atom stereocenters. The molecule has 0 aromatic carbocycles. The SMILES string of the molecule is CCCCCCCCC(CCCCCC)COC(=O)CCCCCN(CCCCCC(=O)OCC(CCCCCC)CCCCCCCC)CCN(C)C. The van der Waals surface area contributed by atoms with E-state index in [-0.39, 0.29) is 11.9 Å². The molecule has 0 aliphatic carbocycles. The predicted octanol–water partition coefficient (Wildman–Crippen LogP) is 13.7. The number of rotatable bonds is 43. The van der Waals surface area contributed by atoms with Crippen LogP contribution in [0.4, 0.5) is 0 Å². The molecule has 0 saturated heterocycles. The van der Waals surface area contributed by atoms with Gasteiger partial charge in [0.2, 0.25) is 0 Å². The maximum absolute atomic E-state index is 12.6. The minimum atomic E-state index is -0.000191. The Labute approximate surface area is 338 Å². The van der Waals surface area contributed by atoms with Crippen LogP contribution in [-0.4, -0.2) is 75.2 Å². The van der Waals surface area contributed by atoms with Crippen molar-refractivity contribution in [2.24, 2.45) is 11.8 Å². The summed E-state index contributed by atoms with van der Waals surface area (Å²) in [7, 11) is 4.28. The zero-order chi connectivity index (χ0) is 39.7. The zero-order valence-electron chi connectivity index (χ0n) is 37.6. The summed E-state index contributed by atoms with van der Waals surface area (Å²) in [6.07, 6.45) is 38.3. The topological polar surface area (TPSA) is 59.1 Å². The van der Waals surface area contributed by atoms with Crippen molar-refractivity contribution in [3.05, 3.63) is 0 Å². The number of carbonyl (C=O) groups is 2. The van der Waals surface area contributed by atoms with Crippen LogP contribution in [0.2, 0.25) is 0 Å². The van der Waals surface area contributed by atoms with E-state index in [0.717, 1.165) is 64.7 Å². The lowest BCUT2D eigenvalue weighted by molar-refractivity contribution is -0.146. The monoisotopic (exact) mass is 765 g/mol. The molecule has 2 unspecified atom stereocenters. The fraction of sp³-hybridized carbons (Fsp3) is 0.958. The standard InChI is InChI=1S/C48H96N2O4/c1-7-11-15-19-21-27-35-45(33-25-17-13-9-3)43-53-47(51)37-29-23-31-39-50(42-41-49(5)6)40-32-24-30-38-48(52)54-44-46(34-26-18-14-10-4)36-28-22-20-16-12-8-2/h45-46H,7-44H2,1-6H3. The molecule has 0 N–H and O–H groups in total. The van der Waals surface area contributed by atoms with Crippen LogP contribution in [0.5, 0.6) is 0 Å². The third kappa shape index (κ3) is 37.8. The maximum atomic E-state index is 12.6. The summed E-state index contributed by atoms with van der Waals surface area (Å²) in [5.41, 5.74) is 0. The molecule has 6 nitrogen and oxygen atoms in total. The van der Waals surface area contributed by atoms with E-state index in [1.165, 1.54) is 154 Å². The third-order valence-electron chi connectivity index (χ3n) is 11.4. The highest BCUT2D eigenvalue weighted by Gasteiger charge is 2.14. The number of ether oxygens (including phenoxy) is 2. The first-order valence-corrected chi connectivity index (χ1v) is 24.0. The molecule has 0 aromatic heterocycles. The van der Waals surface area contributed by atoms with Gasteiger partial charge in [-0.3, -0.25) is 9.59 Å². The van der Waals surface area contributed by atoms with E-state index in [2.05, 4.69) is 51.6 Å². The molecule has 0 aliphatic heterocycles. The van der Waals surface area contributed by atoms with Crippen molar-refractivity contribution in [2.45, 2.75) is 233 Å². The molecule has 0 aliphatic rings. The normalized spacial score (nSPS) is 12.8. The summed E-state index contributed by atoms with van der Waals surface area (Å²) in [6, 6.07) is 0. The van der Waals surface area contributed by atoms with Gasteiger partial charge in [-0.1, -0.05) is 169 Å². The number of hydrogen-bond donors (Lipinski definition) is 0. The van der Waals surface area contributed by atoms with Crippen molar-refractivity contribution in [3.8, 4) is 0 Å². The van der Waals surface area contributed by atoms with E-state index >= 15 is 0 Å². The number of hydrogen-bond acceptors (Lipinski definition) is 6. The Morgan fingerprint density at radius 1 is 0.389 bits per heavy atom. The van der Waals surface area contributed by atoms with Gasteiger partial charge in [0.05, 0.1) is 13.2 Å². The Morgan fingerprint density at radius 3 is 1.06 bits per heavy atom. The van der Waals surface area contributed by atoms with Crippen molar-refractivity contribution < 1.29 is 19.1 Å². The second kappa shape index (κ2) is 41.5. The summed E-state index contributed by atoms with van der Waals surface area (Å²) in [6.45, 7) is 14.6. The van der Waals surface area contributed by atoms with E-state index in [0.29, 0.717) is 37.9 Å². The summed E-state index contributed by atoms with van der Waals surface area (Å²) in [5.74, 6) is 1.06. The zero-order valence-corrected chi connectivity index (χ0v) is 37.6. The Hall–Kier alpha value is -1.14. The lowest BCUT2D eigenvalue weighted by Crippen LogP contribution is -2.33. The smallest absolute Gasteiger partial charge is 0.305 e. The molecule has 0 bridgehead atoms. The Morgan fingerprint density at radius 2 is 0.704 bits per heavy atom. The molecule has 0 rings (SSSR count). The number of unbranched alkanes of at least 4 members (excludes halogenated alkanes) is 20. The number of esters is 2. The van der Waals surface area contributed by atoms with Gasteiger partial charge in [0.15, 0.2) is 0 Å². The Bertz CT molecular complexity index is 733. The van der Waals surface area contributed by atoms with Gasteiger partial charge in [-0.2, -0.15) is 0 Å². The molecular weight excluding hydrogens is 669 g/mol. The van der Waals surface area contributed by atoms with Crippen LogP contribution in [0, 0.1) is 11.8 Å². The molecule has 0 amide bonds. The Balaban J connectivity index is 4.40. The minimum absolute atomic E-state index is 0.000191. The molecule has 54 heavy (non-hydrogen) atoms. The van der Waals surface area contributed by atoms with Crippen LogP contribution in [-0.2, 0) is 19.1 Å². The minimum Gasteiger partial charge on any atom is -0.465 e. The largest absolute Gasteiger partial charge is 0.465 e. The molecule has 0 aromatic rings. The van der Waals surface area contributed by atoms with Crippen molar-refractivity contribution >= 4 is 11.9 Å². The van der Waals surface area contributed by atoms with Gasteiger partial charge in [-0.25, -0.2) is 0 Å². The van der Waals surface area contributed by atoms with Crippen molar-refractivity contribution in [2.75, 3.05) is 53.5 Å². The van der Waals surface area contributed by atoms with E-state index in [4.69, 9.17) is 9.47 Å². The quantitative estimate of drug-likeness (QED) is 0.0455. The average molecular weight is 765 g/mol. The summed E-state index contributed by atoms with van der Waals surface area (Å²) < 4.78 is 11.7. The molecule has 0 heterocycles. The third-order valence-corrected chi connectivity index (χ3v) is 11.4. The molecule has 0 saturated carbocycles. The van der Waals surface area contributed by atoms with Crippen LogP contribution < -0.4 is 0 Å². The van der Waals surface area contributed by atoms with E-state index < -0.39 is 0 Å². The average Bonchev–Trinajstić information content (AvgIpc) is 3.16. The van der Waals surface area contributed by atoms with Gasteiger partial charge < -0.3 is 19.3 Å². The molecule has 0 radical (unpaired) electrons. The first kappa shape index (κ1) is 52.9. The van der Waals surface area contributed by atoms with Gasteiger partial charge in [0.25, 0.3) is 0 Å². The van der Waals surface area contributed by atoms with E-state index in [1.54, 1.807) is 0 Å². The van der Waals surface area contributed by atoms with Gasteiger partial charge in [-0.15, -0.1) is 0 Å². The van der Waals surface area contributed by atoms with Gasteiger partial charge in [0.1, 0.15) is 0 Å². The number of nitrogens with zero attached hydrogens (tertiary/aromatic N) is 2. The predicted molar refractivity (Wildman–Crippen MR) is 234 cm³/mol. The summed E-state index contributed by atoms with van der Waals surface area (Å²) in [5, 5.41) is 0. The summed E-state index contributed by atoms with van der Waals surface area (Å²) in [4.78, 5) is 30.1. The summed E-state index contributed by atoms with van der Waals surface area (Å²) >= 11 is 0. The van der Waals surface area contributed by atoms with Gasteiger partial charge in [-0.05, 0) is 90.4 Å². The number of carbonyl (C=O) groups excluding carboxylic acids is 2. The molecule has 0 spiro atoms. The second-order valence-electron chi connectivity index (χ2n) is 17.2. The lowest BCUT2D eigenvalue weighted by Gasteiger charge is -2.24. The van der Waals surface area contributed by atoms with E-state index in [9.17, 15) is 9.59 Å². The van der Waals surface area contributed by atoms with Crippen LogP contribution in [0.15, 0.2) is 0 Å². The highest BCUT2D eigenvalue weighted by molar-refractivity contribution is 5.69. The molecule has 322 valence electrons. The maximum Gasteiger partial charge on any atom is 0.305 e. The van der Waals surface area contributed by atoms with Crippen LogP contribution in [0.1, 0.15) is 233 Å². The molecular formula is C48H96N2O4. The van der Waals surface area contributed by atoms with Crippen LogP contribution >= 0.6 is 0 Å². The first-order valence-electron chi connectivity index (χ1n) is 24.0. The second-order valence-corrected chi connectivity index (χ2v) is 17.2. The molecule has 0 fully saturated rings. The van der Waals surface area contributed by atoms with Gasteiger partial charge >= 0.3 is 11.9 Å². The van der Waals surface area contributed by atoms with E-state index in [1.807, 2.05) is 0 Å². The fourth-order valence-corrected chi connectivity index (χ4v) is 7.57. The highest BCUT2D eigenvalue weighted by Crippen LogP contribution is 2.21. The van der Waals surface area contributed by atoms with Gasteiger partial charge in [0, 0.05) is 25.9 Å². The van der Waals surface area contributed by atoms with Crippen molar-refractivity contribution in [1.82, 2.24) is 9.80 Å². The van der Waals surface area contributed by atoms with Crippen molar-refractivity contribution in [3.63, 3.8) is 0 Å². The fourth-order valence-electron chi connectivity index (χ4n) is 7.57. The van der Waals surface area contributed by atoms with Crippen molar-refractivity contribution in [1.29, 1.82) is 0 Å². The van der Waals surface area contributed by atoms with Crippen LogP contribution in [0.3, 0.4) is 0 Å². The number of likely N-dealkylation sites (N-methyl/N-ethyl adjacent to an activating group) is 1. The lowest BCUT2D eigenvalue weighted by atomic mass is 9.95. The van der Waals surface area contributed by atoms with Crippen LogP contribution in [0.25, 0.3) is 0 Å². The highest BCUT2D eigenvalue weighted by atomic mass is 16.5. The first-order chi connectivity index (χ1) is 26.4. The Kier molecular flexibility index (Phi) is 40.6. The molecule has 6 heteroatoms.